The van der Waals surface area contributed by atoms with E-state index in [-0.39, 0.29) is 17.4 Å². The third kappa shape index (κ3) is 4.14. The minimum Gasteiger partial charge on any atom is -0.462 e. The van der Waals surface area contributed by atoms with Gasteiger partial charge in [-0.2, -0.15) is 0 Å². The van der Waals surface area contributed by atoms with Gasteiger partial charge in [-0.15, -0.1) is 11.3 Å². The maximum Gasteiger partial charge on any atom is 0.348 e. The minimum atomic E-state index is -3.80. The van der Waals surface area contributed by atoms with E-state index in [4.69, 9.17) is 4.74 Å². The zero-order valence-corrected chi connectivity index (χ0v) is 16.7. The molecule has 1 fully saturated rings. The Kier molecular flexibility index (Phi) is 5.52. The van der Waals surface area contributed by atoms with Gasteiger partial charge in [0.25, 0.3) is 10.0 Å². The number of carbonyl (C=O) groups excluding carboxylic acids is 2. The van der Waals surface area contributed by atoms with Crippen LogP contribution in [0.15, 0.2) is 35.2 Å². The molecule has 7 nitrogen and oxygen atoms in total. The van der Waals surface area contributed by atoms with Crippen molar-refractivity contribution in [2.24, 2.45) is 0 Å². The van der Waals surface area contributed by atoms with E-state index in [1.807, 2.05) is 0 Å². The van der Waals surface area contributed by atoms with Crippen molar-refractivity contribution in [1.82, 2.24) is 0 Å². The summed E-state index contributed by atoms with van der Waals surface area (Å²) >= 11 is 1.04. The van der Waals surface area contributed by atoms with Crippen LogP contribution in [0.1, 0.15) is 35.0 Å². The average Bonchev–Trinajstić information content (AvgIpc) is 3.20. The Hall–Kier alpha value is -2.39. The molecule has 0 spiro atoms. The summed E-state index contributed by atoms with van der Waals surface area (Å²) in [6.45, 7) is 4.34. The minimum absolute atomic E-state index is 0.0456. The highest BCUT2D eigenvalue weighted by Gasteiger charge is 2.23. The smallest absolute Gasteiger partial charge is 0.348 e. The number of rotatable bonds is 6. The van der Waals surface area contributed by atoms with Gasteiger partial charge in [0.15, 0.2) is 0 Å². The van der Waals surface area contributed by atoms with E-state index < -0.39 is 16.0 Å². The molecular formula is C18H20N2O5S2. The summed E-state index contributed by atoms with van der Waals surface area (Å²) in [7, 11) is -3.80. The molecule has 1 aromatic heterocycles. The third-order valence-electron chi connectivity index (χ3n) is 4.15. The fraction of sp³-hybridized carbons (Fsp3) is 0.333. The van der Waals surface area contributed by atoms with E-state index in [9.17, 15) is 18.0 Å². The number of anilines is 2. The number of benzene rings is 1. The predicted octanol–water partition coefficient (Wildman–Crippen LogP) is 3.16. The second-order valence-corrected chi connectivity index (χ2v) is 8.83. The lowest BCUT2D eigenvalue weighted by Gasteiger charge is -2.16. The van der Waals surface area contributed by atoms with Gasteiger partial charge in [0.05, 0.1) is 11.5 Å². The van der Waals surface area contributed by atoms with Crippen LogP contribution in [0, 0.1) is 6.92 Å². The van der Waals surface area contributed by atoms with E-state index in [1.54, 1.807) is 36.9 Å². The quantitative estimate of drug-likeness (QED) is 0.741. The second kappa shape index (κ2) is 7.69. The number of sulfonamides is 1. The van der Waals surface area contributed by atoms with Crippen LogP contribution in [0.5, 0.6) is 0 Å². The Bertz CT molecular complexity index is 964. The van der Waals surface area contributed by atoms with E-state index in [1.165, 1.54) is 12.1 Å². The van der Waals surface area contributed by atoms with Crippen LogP contribution in [0.2, 0.25) is 0 Å². The standard InChI is InChI=1S/C18H20N2O5S2/c1-3-25-18(22)17-12(2)11-15(26-17)19-27(23,24)14-8-6-13(7-9-14)20-10-4-5-16(20)21/h6-9,11,19H,3-5,10H2,1-2H3. The monoisotopic (exact) mass is 408 g/mol. The molecule has 0 bridgehead atoms. The summed E-state index contributed by atoms with van der Waals surface area (Å²) in [6.07, 6.45) is 1.32. The summed E-state index contributed by atoms with van der Waals surface area (Å²) in [4.78, 5) is 25.8. The Morgan fingerprint density at radius 3 is 2.59 bits per heavy atom. The van der Waals surface area contributed by atoms with E-state index in [0.717, 1.165) is 17.8 Å². The van der Waals surface area contributed by atoms with Gasteiger partial charge in [-0.1, -0.05) is 0 Å². The number of nitrogens with zero attached hydrogens (tertiary/aromatic N) is 1. The lowest BCUT2D eigenvalue weighted by molar-refractivity contribution is -0.117. The highest BCUT2D eigenvalue weighted by Crippen LogP contribution is 2.30. The number of hydrogen-bond acceptors (Lipinski definition) is 6. The average molecular weight is 409 g/mol. The van der Waals surface area contributed by atoms with Crippen LogP contribution in [-0.4, -0.2) is 33.4 Å². The molecule has 1 aliphatic rings. The third-order valence-corrected chi connectivity index (χ3v) is 6.79. The molecule has 1 amide bonds. The topological polar surface area (TPSA) is 92.8 Å². The fourth-order valence-corrected chi connectivity index (χ4v) is 5.10. The molecular weight excluding hydrogens is 388 g/mol. The first kappa shape index (κ1) is 19.4. The SMILES string of the molecule is CCOC(=O)c1sc(NS(=O)(=O)c2ccc(N3CCCC3=O)cc2)cc1C. The van der Waals surface area contributed by atoms with E-state index in [2.05, 4.69) is 4.72 Å². The van der Waals surface area contributed by atoms with Crippen LogP contribution in [0.3, 0.4) is 0 Å². The Morgan fingerprint density at radius 2 is 2.00 bits per heavy atom. The van der Waals surface area contributed by atoms with Crippen molar-refractivity contribution in [3.63, 3.8) is 0 Å². The molecule has 27 heavy (non-hydrogen) atoms. The summed E-state index contributed by atoms with van der Waals surface area (Å²) in [5.41, 5.74) is 1.34. The Labute approximate surface area is 162 Å². The van der Waals surface area contributed by atoms with Crippen LogP contribution < -0.4 is 9.62 Å². The van der Waals surface area contributed by atoms with Gasteiger partial charge in [-0.25, -0.2) is 13.2 Å². The normalized spacial score (nSPS) is 14.4. The van der Waals surface area contributed by atoms with Crippen molar-refractivity contribution in [2.75, 3.05) is 22.8 Å². The molecule has 1 saturated heterocycles. The van der Waals surface area contributed by atoms with Gasteiger partial charge in [-0.3, -0.25) is 9.52 Å². The highest BCUT2D eigenvalue weighted by atomic mass is 32.2. The second-order valence-electron chi connectivity index (χ2n) is 6.09. The van der Waals surface area contributed by atoms with Crippen LogP contribution >= 0.6 is 11.3 Å². The van der Waals surface area contributed by atoms with Gasteiger partial charge in [-0.05, 0) is 56.2 Å². The molecule has 3 rings (SSSR count). The van der Waals surface area contributed by atoms with E-state index in [0.29, 0.717) is 34.1 Å². The molecule has 0 saturated carbocycles. The molecule has 144 valence electrons. The van der Waals surface area contributed by atoms with Gasteiger partial charge < -0.3 is 9.64 Å². The number of carbonyl (C=O) groups is 2. The number of hydrogen-bond donors (Lipinski definition) is 1. The zero-order valence-electron chi connectivity index (χ0n) is 15.0. The van der Waals surface area contributed by atoms with E-state index >= 15 is 0 Å². The summed E-state index contributed by atoms with van der Waals surface area (Å²) in [6, 6.07) is 7.79. The highest BCUT2D eigenvalue weighted by molar-refractivity contribution is 7.93. The number of amides is 1. The molecule has 9 heteroatoms. The Morgan fingerprint density at radius 1 is 1.30 bits per heavy atom. The van der Waals surface area contributed by atoms with Crippen molar-refractivity contribution in [1.29, 1.82) is 0 Å². The van der Waals surface area contributed by atoms with Crippen molar-refractivity contribution in [3.8, 4) is 0 Å². The molecule has 2 heterocycles. The first-order chi connectivity index (χ1) is 12.8. The van der Waals surface area contributed by atoms with Crippen molar-refractivity contribution in [2.45, 2.75) is 31.6 Å². The molecule has 0 radical (unpaired) electrons. The summed E-state index contributed by atoms with van der Waals surface area (Å²) in [5, 5.41) is 0.342. The fourth-order valence-electron chi connectivity index (χ4n) is 2.85. The van der Waals surface area contributed by atoms with Crippen LogP contribution in [0.4, 0.5) is 10.7 Å². The summed E-state index contributed by atoms with van der Waals surface area (Å²) in [5.74, 6) is -0.422. The summed E-state index contributed by atoms with van der Waals surface area (Å²) < 4.78 is 32.7. The molecule has 1 N–H and O–H groups in total. The first-order valence-electron chi connectivity index (χ1n) is 8.52. The van der Waals surface area contributed by atoms with Crippen molar-refractivity contribution in [3.05, 3.63) is 40.8 Å². The largest absolute Gasteiger partial charge is 0.462 e. The number of ether oxygens (including phenoxy) is 1. The Balaban J connectivity index is 1.78. The first-order valence-corrected chi connectivity index (χ1v) is 10.8. The zero-order chi connectivity index (χ0) is 19.6. The van der Waals surface area contributed by atoms with Crippen molar-refractivity contribution < 1.29 is 22.7 Å². The number of aryl methyl sites for hydroxylation is 1. The molecule has 2 aromatic rings. The lowest BCUT2D eigenvalue weighted by atomic mass is 10.3. The molecule has 0 unspecified atom stereocenters. The molecule has 0 aliphatic carbocycles. The van der Waals surface area contributed by atoms with Gasteiger partial charge >= 0.3 is 5.97 Å². The van der Waals surface area contributed by atoms with Crippen LogP contribution in [-0.2, 0) is 19.6 Å². The maximum atomic E-state index is 12.6. The van der Waals surface area contributed by atoms with Gasteiger partial charge in [0, 0.05) is 18.7 Å². The molecule has 1 aromatic carbocycles. The maximum absolute atomic E-state index is 12.6. The lowest BCUT2D eigenvalue weighted by Crippen LogP contribution is -2.23. The van der Waals surface area contributed by atoms with Gasteiger partial charge in [0.2, 0.25) is 5.91 Å². The number of thiophene rings is 1. The molecule has 1 aliphatic heterocycles. The number of nitrogens with one attached hydrogen (secondary N) is 1. The van der Waals surface area contributed by atoms with Crippen LogP contribution in [0.25, 0.3) is 0 Å². The molecule has 0 atom stereocenters. The predicted molar refractivity (Wildman–Crippen MR) is 104 cm³/mol. The number of esters is 1. The van der Waals surface area contributed by atoms with Gasteiger partial charge in [0.1, 0.15) is 9.88 Å². The van der Waals surface area contributed by atoms with Crippen molar-refractivity contribution >= 4 is 43.9 Å².